The number of fused-ring (bicyclic) bond motifs is 1. The van der Waals surface area contributed by atoms with Crippen LogP contribution in [0.25, 0.3) is 0 Å². The standard InChI is InChI=1S/C23H22BrCl2N3O5/c1-33-7-6-27-21(31)34-19-12-23(11-14-2-4-15(24)5-3-14)20(30)29(22(32)28(23)13-19)18-9-16(25)8-17(26)10-18/h2-5,8-10,19H,6-7,11-13H2,1H3,(H,27,31)/t19-,23+/m1/s1. The number of ether oxygens (including phenoxy) is 2. The lowest BCUT2D eigenvalue weighted by Gasteiger charge is -2.28. The summed E-state index contributed by atoms with van der Waals surface area (Å²) in [6.45, 7) is 0.716. The minimum atomic E-state index is -1.21. The molecule has 0 saturated carbocycles. The lowest BCUT2D eigenvalue weighted by molar-refractivity contribution is -0.124. The summed E-state index contributed by atoms with van der Waals surface area (Å²) < 4.78 is 11.3. The zero-order valence-electron chi connectivity index (χ0n) is 18.2. The van der Waals surface area contributed by atoms with E-state index >= 15 is 0 Å². The van der Waals surface area contributed by atoms with Crippen LogP contribution in [0.1, 0.15) is 12.0 Å². The number of amides is 4. The number of carbonyl (C=O) groups excluding carboxylic acids is 3. The smallest absolute Gasteiger partial charge is 0.407 e. The number of hydrogen-bond acceptors (Lipinski definition) is 5. The van der Waals surface area contributed by atoms with Gasteiger partial charge in [0, 0.05) is 41.0 Å². The van der Waals surface area contributed by atoms with Crippen molar-refractivity contribution < 1.29 is 23.9 Å². The van der Waals surface area contributed by atoms with Gasteiger partial charge in [-0.25, -0.2) is 14.5 Å². The molecule has 0 aromatic heterocycles. The van der Waals surface area contributed by atoms with E-state index in [4.69, 9.17) is 32.7 Å². The van der Waals surface area contributed by atoms with E-state index in [1.165, 1.54) is 30.2 Å². The Kier molecular flexibility index (Phi) is 7.37. The zero-order chi connectivity index (χ0) is 24.5. The molecule has 1 N–H and O–H groups in total. The van der Waals surface area contributed by atoms with Gasteiger partial charge in [-0.3, -0.25) is 4.79 Å². The first-order valence-corrected chi connectivity index (χ1v) is 12.1. The minimum absolute atomic E-state index is 0.0869. The topological polar surface area (TPSA) is 88.2 Å². The van der Waals surface area contributed by atoms with Gasteiger partial charge >= 0.3 is 12.1 Å². The van der Waals surface area contributed by atoms with Crippen LogP contribution in [0.4, 0.5) is 15.3 Å². The highest BCUT2D eigenvalue weighted by atomic mass is 79.9. The molecule has 2 aliphatic heterocycles. The molecule has 0 unspecified atom stereocenters. The summed E-state index contributed by atoms with van der Waals surface area (Å²) >= 11 is 15.7. The Morgan fingerprint density at radius 1 is 1.18 bits per heavy atom. The molecule has 0 spiro atoms. The monoisotopic (exact) mass is 569 g/mol. The molecule has 4 amide bonds. The molecule has 2 atom stereocenters. The number of imide groups is 1. The van der Waals surface area contributed by atoms with Crippen LogP contribution >= 0.6 is 39.1 Å². The Bertz CT molecular complexity index is 1100. The molecule has 34 heavy (non-hydrogen) atoms. The Hall–Kier alpha value is -2.33. The second-order valence-corrected chi connectivity index (χ2v) is 9.94. The number of methoxy groups -OCH3 is 1. The van der Waals surface area contributed by atoms with E-state index in [0.717, 1.165) is 14.9 Å². The summed E-state index contributed by atoms with van der Waals surface area (Å²) in [6, 6.07) is 11.6. The SMILES string of the molecule is COCCNC(=O)O[C@H]1CN2C(=O)N(c3cc(Cl)cc(Cl)c3)C(=O)[C@]2(Cc2ccc(Br)cc2)C1. The molecule has 11 heteroatoms. The summed E-state index contributed by atoms with van der Waals surface area (Å²) in [5.74, 6) is -0.412. The number of carbonyl (C=O) groups is 3. The van der Waals surface area contributed by atoms with E-state index in [-0.39, 0.29) is 25.9 Å². The minimum Gasteiger partial charge on any atom is -0.444 e. The van der Waals surface area contributed by atoms with E-state index in [2.05, 4.69) is 21.2 Å². The van der Waals surface area contributed by atoms with Crippen molar-refractivity contribution in [1.82, 2.24) is 10.2 Å². The van der Waals surface area contributed by atoms with Gasteiger partial charge in [0.15, 0.2) is 0 Å². The molecule has 2 heterocycles. The number of anilines is 1. The van der Waals surface area contributed by atoms with Gasteiger partial charge in [-0.1, -0.05) is 51.3 Å². The van der Waals surface area contributed by atoms with Crippen LogP contribution in [0, 0.1) is 0 Å². The molecule has 4 rings (SSSR count). The summed E-state index contributed by atoms with van der Waals surface area (Å²) in [7, 11) is 1.53. The largest absolute Gasteiger partial charge is 0.444 e. The van der Waals surface area contributed by atoms with Gasteiger partial charge in [0.2, 0.25) is 0 Å². The molecular weight excluding hydrogens is 549 g/mol. The molecule has 8 nitrogen and oxygen atoms in total. The third kappa shape index (κ3) is 4.88. The number of urea groups is 1. The molecule has 2 aliphatic rings. The second kappa shape index (κ2) is 10.1. The van der Waals surface area contributed by atoms with E-state index in [1.807, 2.05) is 24.3 Å². The third-order valence-electron chi connectivity index (χ3n) is 5.86. The van der Waals surface area contributed by atoms with Crippen LogP contribution in [-0.4, -0.2) is 61.4 Å². The van der Waals surface area contributed by atoms with E-state index < -0.39 is 29.7 Å². The zero-order valence-corrected chi connectivity index (χ0v) is 21.3. The number of hydrogen-bond donors (Lipinski definition) is 1. The number of benzene rings is 2. The summed E-state index contributed by atoms with van der Waals surface area (Å²) in [5, 5.41) is 3.22. The van der Waals surface area contributed by atoms with Crippen LogP contribution in [0.15, 0.2) is 46.9 Å². The van der Waals surface area contributed by atoms with Crippen molar-refractivity contribution >= 4 is 62.9 Å². The van der Waals surface area contributed by atoms with Crippen molar-refractivity contribution in [2.45, 2.75) is 24.5 Å². The molecular formula is C23H22BrCl2N3O5. The Morgan fingerprint density at radius 2 is 1.85 bits per heavy atom. The van der Waals surface area contributed by atoms with Crippen LogP contribution in [0.2, 0.25) is 10.0 Å². The predicted molar refractivity (Wildman–Crippen MR) is 131 cm³/mol. The molecule has 2 fully saturated rings. The number of nitrogens with zero attached hydrogens (tertiary/aromatic N) is 2. The molecule has 0 radical (unpaired) electrons. The fourth-order valence-corrected chi connectivity index (χ4v) is 5.19. The fraction of sp³-hybridized carbons (Fsp3) is 0.348. The maximum Gasteiger partial charge on any atom is 0.407 e. The van der Waals surface area contributed by atoms with Gasteiger partial charge in [-0.05, 0) is 35.9 Å². The van der Waals surface area contributed by atoms with Gasteiger partial charge in [0.25, 0.3) is 5.91 Å². The lowest BCUT2D eigenvalue weighted by atomic mass is 9.87. The maximum absolute atomic E-state index is 13.9. The summed E-state index contributed by atoms with van der Waals surface area (Å²) in [6.07, 6.45) is -0.840. The number of rotatable bonds is 7. The fourth-order valence-electron chi connectivity index (χ4n) is 4.42. The van der Waals surface area contributed by atoms with E-state index in [1.54, 1.807) is 0 Å². The summed E-state index contributed by atoms with van der Waals surface area (Å²) in [4.78, 5) is 42.1. The van der Waals surface area contributed by atoms with Crippen LogP contribution in [0.5, 0.6) is 0 Å². The van der Waals surface area contributed by atoms with Crippen molar-refractivity contribution in [3.8, 4) is 0 Å². The average Bonchev–Trinajstić information content (AvgIpc) is 3.21. The average molecular weight is 571 g/mol. The first-order chi connectivity index (χ1) is 16.2. The Labute approximate surface area is 215 Å². The van der Waals surface area contributed by atoms with Gasteiger partial charge in [-0.15, -0.1) is 0 Å². The molecule has 0 aliphatic carbocycles. The van der Waals surface area contributed by atoms with Crippen molar-refractivity contribution in [2.75, 3.05) is 31.7 Å². The lowest BCUT2D eigenvalue weighted by Crippen LogP contribution is -2.47. The van der Waals surface area contributed by atoms with E-state index in [0.29, 0.717) is 22.3 Å². The highest BCUT2D eigenvalue weighted by molar-refractivity contribution is 9.10. The predicted octanol–water partition coefficient (Wildman–Crippen LogP) is 4.65. The van der Waals surface area contributed by atoms with Crippen LogP contribution < -0.4 is 10.2 Å². The van der Waals surface area contributed by atoms with Gasteiger partial charge in [-0.2, -0.15) is 0 Å². The normalized spacial score (nSPS) is 21.7. The van der Waals surface area contributed by atoms with Crippen molar-refractivity contribution in [1.29, 1.82) is 0 Å². The molecule has 2 aromatic rings. The molecule has 0 bridgehead atoms. The van der Waals surface area contributed by atoms with Gasteiger partial charge < -0.3 is 19.7 Å². The van der Waals surface area contributed by atoms with Gasteiger partial charge in [0.1, 0.15) is 11.6 Å². The Balaban J connectivity index is 1.64. The second-order valence-electron chi connectivity index (χ2n) is 8.15. The first-order valence-electron chi connectivity index (χ1n) is 10.5. The van der Waals surface area contributed by atoms with E-state index in [9.17, 15) is 14.4 Å². The first kappa shape index (κ1) is 24.8. The van der Waals surface area contributed by atoms with Crippen molar-refractivity contribution in [3.63, 3.8) is 0 Å². The summed E-state index contributed by atoms with van der Waals surface area (Å²) in [5.41, 5.74) is -0.0469. The van der Waals surface area contributed by atoms with Gasteiger partial charge in [0.05, 0.1) is 18.8 Å². The number of nitrogens with one attached hydrogen (secondary N) is 1. The van der Waals surface area contributed by atoms with Crippen LogP contribution in [0.3, 0.4) is 0 Å². The highest BCUT2D eigenvalue weighted by Gasteiger charge is 2.63. The molecule has 2 aromatic carbocycles. The Morgan fingerprint density at radius 3 is 2.50 bits per heavy atom. The van der Waals surface area contributed by atoms with Crippen molar-refractivity contribution in [3.05, 3.63) is 62.5 Å². The third-order valence-corrected chi connectivity index (χ3v) is 6.82. The number of halogens is 3. The maximum atomic E-state index is 13.9. The quantitative estimate of drug-likeness (QED) is 0.387. The number of alkyl carbamates (subject to hydrolysis) is 1. The van der Waals surface area contributed by atoms with Crippen LogP contribution in [-0.2, 0) is 20.7 Å². The molecule has 180 valence electrons. The molecule has 2 saturated heterocycles. The van der Waals surface area contributed by atoms with Crippen molar-refractivity contribution in [2.24, 2.45) is 0 Å². The highest BCUT2D eigenvalue weighted by Crippen LogP contribution is 2.44.